The Morgan fingerprint density at radius 2 is 2.10 bits per heavy atom. The number of hydrogen-bond donors (Lipinski definition) is 1. The van der Waals surface area contributed by atoms with Crippen molar-refractivity contribution in [3.63, 3.8) is 0 Å². The Bertz CT molecular complexity index is 654. The van der Waals surface area contributed by atoms with Crippen molar-refractivity contribution in [2.45, 2.75) is 33.2 Å². The van der Waals surface area contributed by atoms with Gasteiger partial charge in [0.05, 0.1) is 5.69 Å². The van der Waals surface area contributed by atoms with Crippen LogP contribution >= 0.6 is 0 Å². The number of hydrogen-bond acceptors (Lipinski definition) is 3. The molecule has 5 nitrogen and oxygen atoms in total. The maximum absolute atomic E-state index is 13.4. The van der Waals surface area contributed by atoms with E-state index >= 15 is 0 Å². The molecular weight excluding hydrogens is 278 g/mol. The average Bonchev–Trinajstić information content (AvgIpc) is 2.73. The van der Waals surface area contributed by atoms with Crippen LogP contribution in [0, 0.1) is 25.5 Å². The molecular formula is C14H16F2N4O. The monoisotopic (exact) mass is 294 g/mol. The molecule has 0 atom stereocenters. The maximum atomic E-state index is 13.4. The van der Waals surface area contributed by atoms with E-state index in [1.54, 1.807) is 11.6 Å². The van der Waals surface area contributed by atoms with Crippen molar-refractivity contribution < 1.29 is 13.6 Å². The molecule has 1 amide bonds. The molecule has 0 aliphatic rings. The Morgan fingerprint density at radius 1 is 1.33 bits per heavy atom. The van der Waals surface area contributed by atoms with E-state index in [1.807, 2.05) is 6.92 Å². The highest BCUT2D eigenvalue weighted by molar-refractivity contribution is 5.90. The van der Waals surface area contributed by atoms with Crippen LogP contribution in [0.15, 0.2) is 18.2 Å². The van der Waals surface area contributed by atoms with Gasteiger partial charge >= 0.3 is 0 Å². The molecule has 1 N–H and O–H groups in total. The summed E-state index contributed by atoms with van der Waals surface area (Å²) in [6.45, 7) is 4.18. The number of nitrogens with zero attached hydrogens (tertiary/aromatic N) is 3. The molecule has 1 aromatic heterocycles. The third kappa shape index (κ3) is 3.84. The second-order valence-electron chi connectivity index (χ2n) is 4.68. The first kappa shape index (κ1) is 15.1. The van der Waals surface area contributed by atoms with Gasteiger partial charge in [0.1, 0.15) is 11.6 Å². The average molecular weight is 294 g/mol. The second-order valence-corrected chi connectivity index (χ2v) is 4.68. The van der Waals surface area contributed by atoms with Crippen molar-refractivity contribution in [1.82, 2.24) is 14.8 Å². The highest BCUT2D eigenvalue weighted by atomic mass is 19.2. The first-order valence-corrected chi connectivity index (χ1v) is 6.59. The molecule has 112 valence electrons. The van der Waals surface area contributed by atoms with Gasteiger partial charge in [-0.3, -0.25) is 9.48 Å². The van der Waals surface area contributed by atoms with Crippen LogP contribution in [0.2, 0.25) is 0 Å². The van der Waals surface area contributed by atoms with Crippen molar-refractivity contribution in [3.05, 3.63) is 41.5 Å². The highest BCUT2D eigenvalue weighted by Crippen LogP contribution is 2.16. The predicted molar refractivity (Wildman–Crippen MR) is 73.7 cm³/mol. The normalized spacial score (nSPS) is 10.7. The molecule has 0 fully saturated rings. The number of nitrogens with one attached hydrogen (secondary N) is 1. The van der Waals surface area contributed by atoms with Crippen LogP contribution in [-0.2, 0) is 11.3 Å². The van der Waals surface area contributed by atoms with Gasteiger partial charge in [0.15, 0.2) is 11.6 Å². The van der Waals surface area contributed by atoms with Crippen LogP contribution < -0.4 is 5.32 Å². The SMILES string of the molecule is Cc1nc(C)n(CCCC(=O)Nc2cccc(F)c2F)n1. The Hall–Kier alpha value is -2.31. The van der Waals surface area contributed by atoms with E-state index in [0.717, 1.165) is 11.9 Å². The summed E-state index contributed by atoms with van der Waals surface area (Å²) in [5.74, 6) is -0.938. The number of rotatable bonds is 5. The van der Waals surface area contributed by atoms with Gasteiger partial charge in [0.2, 0.25) is 5.91 Å². The molecule has 7 heteroatoms. The number of anilines is 1. The Balaban J connectivity index is 1.85. The van der Waals surface area contributed by atoms with Gasteiger partial charge in [-0.2, -0.15) is 5.10 Å². The van der Waals surface area contributed by atoms with E-state index in [4.69, 9.17) is 0 Å². The van der Waals surface area contributed by atoms with Gasteiger partial charge in [-0.05, 0) is 32.4 Å². The van der Waals surface area contributed by atoms with Gasteiger partial charge in [0, 0.05) is 13.0 Å². The summed E-state index contributed by atoms with van der Waals surface area (Å²) >= 11 is 0. The smallest absolute Gasteiger partial charge is 0.224 e. The molecule has 2 rings (SSSR count). The summed E-state index contributed by atoms with van der Waals surface area (Å²) in [4.78, 5) is 15.9. The van der Waals surface area contributed by atoms with Gasteiger partial charge < -0.3 is 5.32 Å². The zero-order chi connectivity index (χ0) is 15.4. The third-order valence-electron chi connectivity index (χ3n) is 2.96. The first-order valence-electron chi connectivity index (χ1n) is 6.59. The van der Waals surface area contributed by atoms with Crippen LogP contribution in [0.5, 0.6) is 0 Å². The van der Waals surface area contributed by atoms with E-state index in [2.05, 4.69) is 15.4 Å². The number of halogens is 2. The number of carbonyl (C=O) groups is 1. The lowest BCUT2D eigenvalue weighted by molar-refractivity contribution is -0.116. The van der Waals surface area contributed by atoms with E-state index in [0.29, 0.717) is 18.8 Å². The second kappa shape index (κ2) is 6.43. The van der Waals surface area contributed by atoms with E-state index < -0.39 is 11.6 Å². The van der Waals surface area contributed by atoms with Gasteiger partial charge in [0.25, 0.3) is 0 Å². The van der Waals surface area contributed by atoms with Crippen molar-refractivity contribution in [1.29, 1.82) is 0 Å². The lowest BCUT2D eigenvalue weighted by Gasteiger charge is -2.07. The van der Waals surface area contributed by atoms with E-state index in [1.165, 1.54) is 12.1 Å². The molecule has 0 spiro atoms. The molecule has 0 unspecified atom stereocenters. The van der Waals surface area contributed by atoms with Crippen LogP contribution in [0.1, 0.15) is 24.5 Å². The fourth-order valence-corrected chi connectivity index (χ4v) is 1.98. The Morgan fingerprint density at radius 3 is 2.76 bits per heavy atom. The lowest BCUT2D eigenvalue weighted by atomic mass is 10.2. The third-order valence-corrected chi connectivity index (χ3v) is 2.96. The quantitative estimate of drug-likeness (QED) is 0.922. The zero-order valence-electron chi connectivity index (χ0n) is 11.9. The molecule has 0 aliphatic carbocycles. The van der Waals surface area contributed by atoms with Crippen molar-refractivity contribution in [2.75, 3.05) is 5.32 Å². The minimum absolute atomic E-state index is 0.146. The Kier molecular flexibility index (Phi) is 4.62. The van der Waals surface area contributed by atoms with Gasteiger partial charge in [-0.1, -0.05) is 6.07 Å². The summed E-state index contributed by atoms with van der Waals surface area (Å²) in [5, 5.41) is 6.54. The standard InChI is InChI=1S/C14H16F2N4O/c1-9-17-10(2)20(19-9)8-4-7-13(21)18-12-6-3-5-11(15)14(12)16/h3,5-6H,4,7-8H2,1-2H3,(H,18,21). The minimum atomic E-state index is -1.05. The molecule has 0 saturated heterocycles. The lowest BCUT2D eigenvalue weighted by Crippen LogP contribution is -2.14. The largest absolute Gasteiger partial charge is 0.324 e. The van der Waals surface area contributed by atoms with E-state index in [-0.39, 0.29) is 18.0 Å². The van der Waals surface area contributed by atoms with Gasteiger partial charge in [-0.25, -0.2) is 13.8 Å². The number of aromatic nitrogens is 3. The minimum Gasteiger partial charge on any atom is -0.324 e. The molecule has 21 heavy (non-hydrogen) atoms. The number of benzene rings is 1. The molecule has 1 aromatic carbocycles. The molecule has 0 aliphatic heterocycles. The van der Waals surface area contributed by atoms with Crippen molar-refractivity contribution in [2.24, 2.45) is 0 Å². The number of aryl methyl sites for hydroxylation is 3. The summed E-state index contributed by atoms with van der Waals surface area (Å²) in [5.41, 5.74) is -0.146. The summed E-state index contributed by atoms with van der Waals surface area (Å²) < 4.78 is 28.1. The molecule has 2 aromatic rings. The van der Waals surface area contributed by atoms with Crippen LogP contribution in [-0.4, -0.2) is 20.7 Å². The summed E-state index contributed by atoms with van der Waals surface area (Å²) in [7, 11) is 0. The predicted octanol–water partition coefficient (Wildman–Crippen LogP) is 2.59. The first-order chi connectivity index (χ1) is 9.97. The maximum Gasteiger partial charge on any atom is 0.224 e. The van der Waals surface area contributed by atoms with Crippen LogP contribution in [0.25, 0.3) is 0 Å². The molecule has 1 heterocycles. The van der Waals surface area contributed by atoms with E-state index in [9.17, 15) is 13.6 Å². The van der Waals surface area contributed by atoms with Crippen molar-refractivity contribution >= 4 is 11.6 Å². The fraction of sp³-hybridized carbons (Fsp3) is 0.357. The fourth-order valence-electron chi connectivity index (χ4n) is 1.98. The zero-order valence-corrected chi connectivity index (χ0v) is 11.9. The van der Waals surface area contributed by atoms with Crippen LogP contribution in [0.4, 0.5) is 14.5 Å². The Labute approximate surface area is 121 Å². The van der Waals surface area contributed by atoms with Crippen LogP contribution in [0.3, 0.4) is 0 Å². The van der Waals surface area contributed by atoms with Gasteiger partial charge in [-0.15, -0.1) is 0 Å². The molecule has 0 saturated carbocycles. The summed E-state index contributed by atoms with van der Waals surface area (Å²) in [6.07, 6.45) is 0.723. The summed E-state index contributed by atoms with van der Waals surface area (Å²) in [6, 6.07) is 3.66. The van der Waals surface area contributed by atoms with Crippen molar-refractivity contribution in [3.8, 4) is 0 Å². The number of carbonyl (C=O) groups excluding carboxylic acids is 1. The molecule has 0 bridgehead atoms. The number of amides is 1. The highest BCUT2D eigenvalue weighted by Gasteiger charge is 2.11. The molecule has 0 radical (unpaired) electrons. The topological polar surface area (TPSA) is 59.8 Å².